The van der Waals surface area contributed by atoms with E-state index in [0.29, 0.717) is 23.6 Å². The number of nitrogens with zero attached hydrogens (tertiary/aromatic N) is 1. The summed E-state index contributed by atoms with van der Waals surface area (Å²) in [6.45, 7) is 4.78. The minimum absolute atomic E-state index is 0.223. The number of hydrogen-bond acceptors (Lipinski definition) is 3. The SMILES string of the molecule is CCC1CN(C(=O)[C@@H]2CCC[C@@H]2CN)CCS1. The van der Waals surface area contributed by atoms with Crippen LogP contribution in [-0.4, -0.2) is 41.4 Å². The number of thioether (sulfide) groups is 1. The van der Waals surface area contributed by atoms with E-state index in [-0.39, 0.29) is 5.92 Å². The fourth-order valence-corrected chi connectivity index (χ4v) is 4.23. The largest absolute Gasteiger partial charge is 0.341 e. The molecule has 2 fully saturated rings. The van der Waals surface area contributed by atoms with Crippen molar-refractivity contribution in [2.75, 3.05) is 25.4 Å². The average molecular weight is 256 g/mol. The van der Waals surface area contributed by atoms with E-state index in [4.69, 9.17) is 5.73 Å². The van der Waals surface area contributed by atoms with E-state index in [1.54, 1.807) is 0 Å². The summed E-state index contributed by atoms with van der Waals surface area (Å²) in [7, 11) is 0. The maximum atomic E-state index is 12.5. The first-order chi connectivity index (χ1) is 8.26. The molecule has 1 unspecified atom stereocenters. The maximum absolute atomic E-state index is 12.5. The Bertz CT molecular complexity index is 272. The zero-order valence-corrected chi connectivity index (χ0v) is 11.5. The molecule has 1 aliphatic carbocycles. The van der Waals surface area contributed by atoms with Crippen molar-refractivity contribution in [3.05, 3.63) is 0 Å². The van der Waals surface area contributed by atoms with Gasteiger partial charge < -0.3 is 10.6 Å². The topological polar surface area (TPSA) is 46.3 Å². The van der Waals surface area contributed by atoms with E-state index in [1.807, 2.05) is 11.8 Å². The van der Waals surface area contributed by atoms with Crippen molar-refractivity contribution >= 4 is 17.7 Å². The third-order valence-electron chi connectivity index (χ3n) is 4.18. The molecule has 2 aliphatic rings. The molecule has 3 atom stereocenters. The number of carbonyl (C=O) groups excluding carboxylic acids is 1. The molecule has 4 heteroatoms. The van der Waals surface area contributed by atoms with Gasteiger partial charge in [0, 0.05) is 30.0 Å². The zero-order valence-electron chi connectivity index (χ0n) is 10.7. The van der Waals surface area contributed by atoms with Crippen molar-refractivity contribution in [3.8, 4) is 0 Å². The smallest absolute Gasteiger partial charge is 0.226 e. The van der Waals surface area contributed by atoms with Crippen LogP contribution < -0.4 is 5.73 Å². The molecule has 1 saturated heterocycles. The Labute approximate surface area is 108 Å². The Morgan fingerprint density at radius 2 is 2.29 bits per heavy atom. The molecule has 17 heavy (non-hydrogen) atoms. The summed E-state index contributed by atoms with van der Waals surface area (Å²) >= 11 is 2.01. The first kappa shape index (κ1) is 13.2. The van der Waals surface area contributed by atoms with Crippen LogP contribution in [0.3, 0.4) is 0 Å². The van der Waals surface area contributed by atoms with E-state index in [2.05, 4.69) is 11.8 Å². The minimum Gasteiger partial charge on any atom is -0.341 e. The summed E-state index contributed by atoms with van der Waals surface area (Å²) in [6.07, 6.45) is 4.55. The van der Waals surface area contributed by atoms with E-state index in [9.17, 15) is 4.79 Å². The third-order valence-corrected chi connectivity index (χ3v) is 5.56. The Balaban J connectivity index is 1.94. The standard InChI is InChI=1S/C13H24N2OS/c1-2-11-9-15(6-7-17-11)13(16)12-5-3-4-10(12)8-14/h10-12H,2-9,14H2,1H3/t10-,11?,12-/m1/s1. The highest BCUT2D eigenvalue weighted by atomic mass is 32.2. The molecule has 0 aromatic carbocycles. The first-order valence-electron chi connectivity index (χ1n) is 6.86. The molecule has 1 saturated carbocycles. The molecular weight excluding hydrogens is 232 g/mol. The van der Waals surface area contributed by atoms with Gasteiger partial charge in [-0.25, -0.2) is 0 Å². The maximum Gasteiger partial charge on any atom is 0.226 e. The van der Waals surface area contributed by atoms with Gasteiger partial charge in [0.25, 0.3) is 0 Å². The Hall–Kier alpha value is -0.220. The summed E-state index contributed by atoms with van der Waals surface area (Å²) in [5.74, 6) is 2.15. The van der Waals surface area contributed by atoms with Gasteiger partial charge in [0.2, 0.25) is 5.91 Å². The van der Waals surface area contributed by atoms with Crippen LogP contribution in [-0.2, 0) is 4.79 Å². The molecular formula is C13H24N2OS. The summed E-state index contributed by atoms with van der Waals surface area (Å²) in [5, 5.41) is 0.644. The summed E-state index contributed by atoms with van der Waals surface area (Å²) in [4.78, 5) is 14.6. The molecule has 0 aromatic rings. The molecule has 1 amide bonds. The van der Waals surface area contributed by atoms with Gasteiger partial charge in [-0.2, -0.15) is 11.8 Å². The first-order valence-corrected chi connectivity index (χ1v) is 7.91. The number of carbonyl (C=O) groups is 1. The molecule has 3 nitrogen and oxygen atoms in total. The van der Waals surface area contributed by atoms with Gasteiger partial charge in [-0.1, -0.05) is 13.3 Å². The van der Waals surface area contributed by atoms with Crippen LogP contribution >= 0.6 is 11.8 Å². The molecule has 2 rings (SSSR count). The van der Waals surface area contributed by atoms with Crippen molar-refractivity contribution in [1.82, 2.24) is 4.90 Å². The zero-order chi connectivity index (χ0) is 12.3. The van der Waals surface area contributed by atoms with E-state index < -0.39 is 0 Å². The molecule has 0 aromatic heterocycles. The second-order valence-electron chi connectivity index (χ2n) is 5.22. The van der Waals surface area contributed by atoms with Crippen LogP contribution in [0.1, 0.15) is 32.6 Å². The predicted octanol–water partition coefficient (Wildman–Crippen LogP) is 1.72. The van der Waals surface area contributed by atoms with Gasteiger partial charge in [-0.05, 0) is 31.7 Å². The highest BCUT2D eigenvalue weighted by Gasteiger charge is 2.36. The van der Waals surface area contributed by atoms with E-state index in [1.165, 1.54) is 12.8 Å². The molecule has 98 valence electrons. The van der Waals surface area contributed by atoms with Gasteiger partial charge in [-0.3, -0.25) is 4.79 Å². The lowest BCUT2D eigenvalue weighted by Gasteiger charge is -2.34. The third kappa shape index (κ3) is 2.97. The van der Waals surface area contributed by atoms with E-state index >= 15 is 0 Å². The van der Waals surface area contributed by atoms with Crippen molar-refractivity contribution in [1.29, 1.82) is 0 Å². The normalized spacial score (nSPS) is 34.0. The molecule has 0 radical (unpaired) electrons. The van der Waals surface area contributed by atoms with Crippen molar-refractivity contribution in [2.24, 2.45) is 17.6 Å². The summed E-state index contributed by atoms with van der Waals surface area (Å²) < 4.78 is 0. The van der Waals surface area contributed by atoms with Crippen LogP contribution in [0.15, 0.2) is 0 Å². The van der Waals surface area contributed by atoms with Crippen LogP contribution in [0.25, 0.3) is 0 Å². The van der Waals surface area contributed by atoms with Gasteiger partial charge in [0.1, 0.15) is 0 Å². The average Bonchev–Trinajstić information content (AvgIpc) is 2.86. The highest BCUT2D eigenvalue weighted by molar-refractivity contribution is 8.00. The molecule has 2 N–H and O–H groups in total. The molecule has 1 heterocycles. The van der Waals surface area contributed by atoms with Crippen molar-refractivity contribution in [2.45, 2.75) is 37.9 Å². The summed E-state index contributed by atoms with van der Waals surface area (Å²) in [5.41, 5.74) is 5.77. The monoisotopic (exact) mass is 256 g/mol. The number of hydrogen-bond donors (Lipinski definition) is 1. The van der Waals surface area contributed by atoms with Crippen LogP contribution in [0.5, 0.6) is 0 Å². The lowest BCUT2D eigenvalue weighted by Crippen LogP contribution is -2.45. The highest BCUT2D eigenvalue weighted by Crippen LogP contribution is 2.33. The molecule has 0 bridgehead atoms. The number of amides is 1. The van der Waals surface area contributed by atoms with Crippen molar-refractivity contribution < 1.29 is 4.79 Å². The number of rotatable bonds is 3. The van der Waals surface area contributed by atoms with Crippen LogP contribution in [0, 0.1) is 11.8 Å². The minimum atomic E-state index is 0.223. The second kappa shape index (κ2) is 6.10. The van der Waals surface area contributed by atoms with Crippen molar-refractivity contribution in [3.63, 3.8) is 0 Å². The van der Waals surface area contributed by atoms with Gasteiger partial charge in [0.05, 0.1) is 0 Å². The fourth-order valence-electron chi connectivity index (χ4n) is 3.05. The number of nitrogens with two attached hydrogens (primary N) is 1. The molecule has 0 spiro atoms. The van der Waals surface area contributed by atoms with Crippen LogP contribution in [0.4, 0.5) is 0 Å². The Morgan fingerprint density at radius 1 is 1.47 bits per heavy atom. The van der Waals surface area contributed by atoms with Gasteiger partial charge in [0.15, 0.2) is 0 Å². The quantitative estimate of drug-likeness (QED) is 0.836. The lowest BCUT2D eigenvalue weighted by atomic mass is 9.94. The van der Waals surface area contributed by atoms with Gasteiger partial charge in [-0.15, -0.1) is 0 Å². The second-order valence-corrected chi connectivity index (χ2v) is 6.63. The summed E-state index contributed by atoms with van der Waals surface area (Å²) in [6, 6.07) is 0. The fraction of sp³-hybridized carbons (Fsp3) is 0.923. The predicted molar refractivity (Wildman–Crippen MR) is 73.0 cm³/mol. The van der Waals surface area contributed by atoms with Gasteiger partial charge >= 0.3 is 0 Å². The molecule has 1 aliphatic heterocycles. The lowest BCUT2D eigenvalue weighted by molar-refractivity contribution is -0.136. The van der Waals surface area contributed by atoms with Crippen LogP contribution in [0.2, 0.25) is 0 Å². The Morgan fingerprint density at radius 3 is 3.00 bits per heavy atom. The Kier molecular flexibility index (Phi) is 4.74. The van der Waals surface area contributed by atoms with E-state index in [0.717, 1.165) is 31.7 Å².